The van der Waals surface area contributed by atoms with Gasteiger partial charge in [0.1, 0.15) is 17.2 Å². The number of piperidine rings is 1. The smallest absolute Gasteiger partial charge is 0.410 e. The van der Waals surface area contributed by atoms with E-state index in [1.165, 1.54) is 6.07 Å². The molecule has 2 unspecified atom stereocenters. The van der Waals surface area contributed by atoms with Gasteiger partial charge in [-0.25, -0.2) is 9.18 Å². The fourth-order valence-electron chi connectivity index (χ4n) is 4.19. The minimum Gasteiger partial charge on any atom is -0.494 e. The van der Waals surface area contributed by atoms with Crippen LogP contribution in [0.1, 0.15) is 58.9 Å². The molecule has 0 radical (unpaired) electrons. The minimum atomic E-state index is -1.28. The molecule has 2 atom stereocenters. The van der Waals surface area contributed by atoms with Gasteiger partial charge in [-0.3, -0.25) is 0 Å². The van der Waals surface area contributed by atoms with Crippen molar-refractivity contribution in [3.05, 3.63) is 29.6 Å². The highest BCUT2D eigenvalue weighted by atomic mass is 19.1. The molecule has 3 rings (SSSR count). The van der Waals surface area contributed by atoms with Crippen LogP contribution in [0.15, 0.2) is 18.2 Å². The highest BCUT2D eigenvalue weighted by molar-refractivity contribution is 5.69. The number of hydrogen-bond donors (Lipinski definition) is 1. The number of aliphatic hydroxyl groups is 1. The van der Waals surface area contributed by atoms with Gasteiger partial charge in [0.15, 0.2) is 0 Å². The van der Waals surface area contributed by atoms with Crippen LogP contribution >= 0.6 is 0 Å². The lowest BCUT2D eigenvalue weighted by Crippen LogP contribution is -2.53. The summed E-state index contributed by atoms with van der Waals surface area (Å²) < 4.78 is 25.4. The van der Waals surface area contributed by atoms with Crippen molar-refractivity contribution in [2.45, 2.75) is 76.7 Å². The van der Waals surface area contributed by atoms with Gasteiger partial charge in [-0.05, 0) is 52.7 Å². The lowest BCUT2D eigenvalue weighted by atomic mass is 9.80. The normalized spacial score (nSPS) is 28.2. The minimum absolute atomic E-state index is 0.139. The lowest BCUT2D eigenvalue weighted by molar-refractivity contribution is -0.0640. The summed E-state index contributed by atoms with van der Waals surface area (Å²) in [6, 6.07) is 4.32. The first-order chi connectivity index (χ1) is 12.1. The number of amides is 1. The summed E-state index contributed by atoms with van der Waals surface area (Å²) in [7, 11) is 0. The van der Waals surface area contributed by atoms with Crippen LogP contribution in [0.25, 0.3) is 0 Å². The van der Waals surface area contributed by atoms with E-state index in [9.17, 15) is 14.3 Å². The Bertz CT molecular complexity index is 671. The Morgan fingerprint density at radius 2 is 1.92 bits per heavy atom. The number of nitrogens with zero attached hydrogens (tertiary/aromatic N) is 1. The van der Waals surface area contributed by atoms with E-state index < -0.39 is 17.0 Å². The number of halogens is 1. The van der Waals surface area contributed by atoms with E-state index in [0.29, 0.717) is 25.2 Å². The maximum absolute atomic E-state index is 14.6. The van der Waals surface area contributed by atoms with E-state index in [0.717, 1.165) is 12.8 Å². The zero-order chi connectivity index (χ0) is 19.1. The maximum Gasteiger partial charge on any atom is 0.410 e. The van der Waals surface area contributed by atoms with Gasteiger partial charge in [-0.1, -0.05) is 0 Å². The number of carbonyl (C=O) groups is 1. The van der Waals surface area contributed by atoms with Crippen LogP contribution in [-0.2, 0) is 10.3 Å². The van der Waals surface area contributed by atoms with E-state index in [4.69, 9.17) is 9.47 Å². The van der Waals surface area contributed by atoms with Crippen LogP contribution in [0.5, 0.6) is 5.75 Å². The van der Waals surface area contributed by atoms with Gasteiger partial charge < -0.3 is 19.5 Å². The lowest BCUT2D eigenvalue weighted by Gasteiger charge is -2.44. The van der Waals surface area contributed by atoms with Gasteiger partial charge in [0.05, 0.1) is 12.2 Å². The van der Waals surface area contributed by atoms with Gasteiger partial charge in [-0.15, -0.1) is 0 Å². The predicted molar refractivity (Wildman–Crippen MR) is 95.6 cm³/mol. The topological polar surface area (TPSA) is 59.0 Å². The third-order valence-corrected chi connectivity index (χ3v) is 5.12. The van der Waals surface area contributed by atoms with Crippen LogP contribution in [0.2, 0.25) is 0 Å². The first kappa shape index (κ1) is 19.0. The largest absolute Gasteiger partial charge is 0.494 e. The molecule has 2 bridgehead atoms. The highest BCUT2D eigenvalue weighted by Gasteiger charge is 2.51. The highest BCUT2D eigenvalue weighted by Crippen LogP contribution is 2.47. The van der Waals surface area contributed by atoms with E-state index in [2.05, 4.69) is 0 Å². The molecule has 5 nitrogen and oxygen atoms in total. The molecule has 0 aliphatic carbocycles. The van der Waals surface area contributed by atoms with Crippen molar-refractivity contribution in [2.24, 2.45) is 0 Å². The van der Waals surface area contributed by atoms with E-state index >= 15 is 0 Å². The molecule has 0 spiro atoms. The standard InChI is InChI=1S/C20H28FNO4/c1-5-25-15-8-9-16(17(21)10-15)20(24)11-13-6-7-14(12-20)22(13)18(23)26-19(2,3)4/h8-10,13-14,24H,5-7,11-12H2,1-4H3. The second-order valence-electron chi connectivity index (χ2n) is 8.29. The third-order valence-electron chi connectivity index (χ3n) is 5.12. The van der Waals surface area contributed by atoms with Crippen LogP contribution in [0.3, 0.4) is 0 Å². The number of ether oxygens (including phenoxy) is 2. The molecule has 1 aromatic rings. The van der Waals surface area contributed by atoms with Crippen molar-refractivity contribution in [1.82, 2.24) is 4.90 Å². The van der Waals surface area contributed by atoms with Gasteiger partial charge in [-0.2, -0.15) is 0 Å². The summed E-state index contributed by atoms with van der Waals surface area (Å²) in [5.74, 6) is -0.0184. The first-order valence-electron chi connectivity index (χ1n) is 9.29. The van der Waals surface area contributed by atoms with Crippen molar-refractivity contribution >= 4 is 6.09 Å². The number of carbonyl (C=O) groups excluding carboxylic acids is 1. The zero-order valence-electron chi connectivity index (χ0n) is 15.9. The summed E-state index contributed by atoms with van der Waals surface area (Å²) >= 11 is 0. The van der Waals surface area contributed by atoms with Crippen LogP contribution < -0.4 is 4.74 Å². The number of fused-ring (bicyclic) bond motifs is 2. The molecule has 1 amide bonds. The van der Waals surface area contributed by atoms with Crippen LogP contribution in [0, 0.1) is 5.82 Å². The second-order valence-corrected chi connectivity index (χ2v) is 8.29. The molecule has 26 heavy (non-hydrogen) atoms. The molecule has 2 aliphatic rings. The molecule has 1 aromatic carbocycles. The summed E-state index contributed by atoms with van der Waals surface area (Å²) in [5, 5.41) is 11.2. The summed E-state index contributed by atoms with van der Waals surface area (Å²) in [6.45, 7) is 7.80. The second kappa shape index (κ2) is 6.72. The van der Waals surface area contributed by atoms with Crippen LogP contribution in [-0.4, -0.2) is 40.4 Å². The van der Waals surface area contributed by atoms with E-state index in [1.807, 2.05) is 27.7 Å². The molecule has 2 aliphatic heterocycles. The quantitative estimate of drug-likeness (QED) is 0.880. The summed E-state index contributed by atoms with van der Waals surface area (Å²) in [4.78, 5) is 14.3. The molecular formula is C20H28FNO4. The Balaban J connectivity index is 1.80. The number of hydrogen-bond acceptors (Lipinski definition) is 4. The Morgan fingerprint density at radius 1 is 1.31 bits per heavy atom. The Morgan fingerprint density at radius 3 is 2.42 bits per heavy atom. The van der Waals surface area contributed by atoms with E-state index in [-0.39, 0.29) is 23.7 Å². The van der Waals surface area contributed by atoms with Gasteiger partial charge in [0.25, 0.3) is 0 Å². The molecule has 2 saturated heterocycles. The molecule has 2 heterocycles. The van der Waals surface area contributed by atoms with E-state index in [1.54, 1.807) is 17.0 Å². The maximum atomic E-state index is 14.6. The number of benzene rings is 1. The monoisotopic (exact) mass is 365 g/mol. The molecule has 0 saturated carbocycles. The molecule has 2 fully saturated rings. The third kappa shape index (κ3) is 3.65. The van der Waals surface area contributed by atoms with Crippen molar-refractivity contribution in [1.29, 1.82) is 0 Å². The predicted octanol–water partition coefficient (Wildman–Crippen LogP) is 3.97. The van der Waals surface area contributed by atoms with Crippen LogP contribution in [0.4, 0.5) is 9.18 Å². The average molecular weight is 365 g/mol. The molecule has 1 N–H and O–H groups in total. The average Bonchev–Trinajstić information content (AvgIpc) is 2.79. The van der Waals surface area contributed by atoms with Crippen molar-refractivity contribution in [3.63, 3.8) is 0 Å². The molecular weight excluding hydrogens is 337 g/mol. The molecule has 144 valence electrons. The Hall–Kier alpha value is -1.82. The summed E-state index contributed by atoms with van der Waals surface area (Å²) in [6.07, 6.45) is 1.87. The SMILES string of the molecule is CCOc1ccc(C2(O)CC3CCC(C2)N3C(=O)OC(C)(C)C)c(F)c1. The molecule has 0 aromatic heterocycles. The van der Waals surface area contributed by atoms with Crippen molar-refractivity contribution < 1.29 is 23.8 Å². The number of rotatable bonds is 3. The van der Waals surface area contributed by atoms with Gasteiger partial charge in [0.2, 0.25) is 0 Å². The molecule has 6 heteroatoms. The van der Waals surface area contributed by atoms with Crippen molar-refractivity contribution in [3.8, 4) is 5.75 Å². The van der Waals surface area contributed by atoms with Crippen molar-refractivity contribution in [2.75, 3.05) is 6.61 Å². The van der Waals surface area contributed by atoms with Gasteiger partial charge >= 0.3 is 6.09 Å². The zero-order valence-corrected chi connectivity index (χ0v) is 15.9. The Labute approximate surface area is 154 Å². The fourth-order valence-corrected chi connectivity index (χ4v) is 4.19. The van der Waals surface area contributed by atoms with Gasteiger partial charge in [0, 0.05) is 36.6 Å². The Kier molecular flexibility index (Phi) is 4.90. The summed E-state index contributed by atoms with van der Waals surface area (Å²) in [5.41, 5.74) is -1.56. The first-order valence-corrected chi connectivity index (χ1v) is 9.29. The fraction of sp³-hybridized carbons (Fsp3) is 0.650.